The van der Waals surface area contributed by atoms with Gasteiger partial charge in [0.1, 0.15) is 5.75 Å². The van der Waals surface area contributed by atoms with Gasteiger partial charge in [-0.1, -0.05) is 25.8 Å². The Labute approximate surface area is 115 Å². The number of hydrogen-bond acceptors (Lipinski definition) is 4. The SMILES string of the molecule is COc1cccc(NCC2(O)CCCC(C)C2)c1N. The van der Waals surface area contributed by atoms with Crippen LogP contribution >= 0.6 is 0 Å². The summed E-state index contributed by atoms with van der Waals surface area (Å²) in [6, 6.07) is 5.64. The first-order valence-electron chi connectivity index (χ1n) is 6.93. The third kappa shape index (κ3) is 3.32. The van der Waals surface area contributed by atoms with Crippen molar-refractivity contribution in [1.82, 2.24) is 0 Å². The molecule has 1 aromatic rings. The van der Waals surface area contributed by atoms with Crippen molar-refractivity contribution in [3.8, 4) is 5.75 Å². The number of nitrogen functional groups attached to an aromatic ring is 1. The fourth-order valence-corrected chi connectivity index (χ4v) is 2.93. The Morgan fingerprint density at radius 3 is 3.00 bits per heavy atom. The van der Waals surface area contributed by atoms with Crippen molar-refractivity contribution in [2.24, 2.45) is 5.92 Å². The number of nitrogens with two attached hydrogens (primary N) is 1. The third-order valence-electron chi connectivity index (χ3n) is 3.96. The lowest BCUT2D eigenvalue weighted by Gasteiger charge is -2.36. The molecule has 1 aromatic carbocycles. The summed E-state index contributed by atoms with van der Waals surface area (Å²) in [5.74, 6) is 1.25. The molecular weight excluding hydrogens is 240 g/mol. The van der Waals surface area contributed by atoms with Gasteiger partial charge in [0.25, 0.3) is 0 Å². The molecule has 4 nitrogen and oxygen atoms in total. The smallest absolute Gasteiger partial charge is 0.143 e. The lowest BCUT2D eigenvalue weighted by Crippen LogP contribution is -2.41. The number of nitrogens with one attached hydrogen (secondary N) is 1. The first-order chi connectivity index (χ1) is 9.04. The van der Waals surface area contributed by atoms with Crippen LogP contribution in [0.15, 0.2) is 18.2 Å². The highest BCUT2D eigenvalue weighted by Gasteiger charge is 2.32. The van der Waals surface area contributed by atoms with E-state index in [9.17, 15) is 5.11 Å². The number of aliphatic hydroxyl groups is 1. The summed E-state index contributed by atoms with van der Waals surface area (Å²) in [4.78, 5) is 0. The van der Waals surface area contributed by atoms with Gasteiger partial charge in [0.2, 0.25) is 0 Å². The third-order valence-corrected chi connectivity index (χ3v) is 3.96. The van der Waals surface area contributed by atoms with Gasteiger partial charge < -0.3 is 20.9 Å². The van der Waals surface area contributed by atoms with E-state index in [1.807, 2.05) is 18.2 Å². The second-order valence-corrected chi connectivity index (χ2v) is 5.70. The van der Waals surface area contributed by atoms with Crippen LogP contribution in [0.25, 0.3) is 0 Å². The average Bonchev–Trinajstić information content (AvgIpc) is 2.37. The van der Waals surface area contributed by atoms with Crippen molar-refractivity contribution in [3.05, 3.63) is 18.2 Å². The van der Waals surface area contributed by atoms with Crippen LogP contribution in [0.3, 0.4) is 0 Å². The van der Waals surface area contributed by atoms with Gasteiger partial charge in [-0.2, -0.15) is 0 Å². The van der Waals surface area contributed by atoms with Crippen molar-refractivity contribution >= 4 is 11.4 Å². The molecule has 0 amide bonds. The Morgan fingerprint density at radius 1 is 1.53 bits per heavy atom. The first-order valence-corrected chi connectivity index (χ1v) is 6.93. The van der Waals surface area contributed by atoms with E-state index in [-0.39, 0.29) is 0 Å². The summed E-state index contributed by atoms with van der Waals surface area (Å²) in [6.45, 7) is 2.73. The minimum Gasteiger partial charge on any atom is -0.495 e. The number of anilines is 2. The highest BCUT2D eigenvalue weighted by Crippen LogP contribution is 2.34. The van der Waals surface area contributed by atoms with E-state index >= 15 is 0 Å². The standard InChI is InChI=1S/C15H24N2O2/c1-11-5-4-8-15(18,9-11)10-17-12-6-3-7-13(19-2)14(12)16/h3,6-7,11,17-18H,4-5,8-10,16H2,1-2H3. The van der Waals surface area contributed by atoms with Crippen LogP contribution in [-0.4, -0.2) is 24.4 Å². The zero-order valence-corrected chi connectivity index (χ0v) is 11.8. The van der Waals surface area contributed by atoms with Gasteiger partial charge in [-0.25, -0.2) is 0 Å². The summed E-state index contributed by atoms with van der Waals surface area (Å²) in [5.41, 5.74) is 6.81. The van der Waals surface area contributed by atoms with Crippen LogP contribution in [-0.2, 0) is 0 Å². The zero-order valence-electron chi connectivity index (χ0n) is 11.8. The number of para-hydroxylation sites is 1. The van der Waals surface area contributed by atoms with Gasteiger partial charge in [0.05, 0.1) is 24.1 Å². The molecule has 0 radical (unpaired) electrons. The van der Waals surface area contributed by atoms with Gasteiger partial charge in [0, 0.05) is 6.54 Å². The lowest BCUT2D eigenvalue weighted by atomic mass is 9.79. The number of ether oxygens (including phenoxy) is 1. The molecule has 0 spiro atoms. The molecule has 0 bridgehead atoms. The summed E-state index contributed by atoms with van der Waals surface area (Å²) in [7, 11) is 1.60. The second-order valence-electron chi connectivity index (χ2n) is 5.70. The highest BCUT2D eigenvalue weighted by atomic mass is 16.5. The van der Waals surface area contributed by atoms with E-state index in [2.05, 4.69) is 12.2 Å². The summed E-state index contributed by atoms with van der Waals surface area (Å²) in [6.07, 6.45) is 4.01. The molecule has 1 aliphatic rings. The van der Waals surface area contributed by atoms with E-state index in [1.54, 1.807) is 7.11 Å². The molecule has 1 aliphatic carbocycles. The molecule has 0 aromatic heterocycles. The second kappa shape index (κ2) is 5.70. The van der Waals surface area contributed by atoms with E-state index in [1.165, 1.54) is 6.42 Å². The predicted octanol–water partition coefficient (Wildman–Crippen LogP) is 2.63. The monoisotopic (exact) mass is 264 g/mol. The predicted molar refractivity (Wildman–Crippen MR) is 78.5 cm³/mol. The van der Waals surface area contributed by atoms with Crippen LogP contribution < -0.4 is 15.8 Å². The molecule has 4 heteroatoms. The quantitative estimate of drug-likeness (QED) is 0.731. The van der Waals surface area contributed by atoms with Crippen LogP contribution in [0.5, 0.6) is 5.75 Å². The first kappa shape index (κ1) is 14.0. The number of methoxy groups -OCH3 is 1. The normalized spacial score (nSPS) is 27.0. The number of hydrogen-bond donors (Lipinski definition) is 3. The average molecular weight is 264 g/mol. The van der Waals surface area contributed by atoms with Gasteiger partial charge in [-0.05, 0) is 30.9 Å². The Morgan fingerprint density at radius 2 is 2.32 bits per heavy atom. The van der Waals surface area contributed by atoms with E-state index in [4.69, 9.17) is 10.5 Å². The minimum atomic E-state index is -0.618. The lowest BCUT2D eigenvalue weighted by molar-refractivity contribution is -0.000750. The summed E-state index contributed by atoms with van der Waals surface area (Å²) in [5, 5.41) is 13.8. The van der Waals surface area contributed by atoms with Crippen LogP contribution in [0.2, 0.25) is 0 Å². The largest absolute Gasteiger partial charge is 0.495 e. The van der Waals surface area contributed by atoms with Crippen LogP contribution in [0.1, 0.15) is 32.6 Å². The Balaban J connectivity index is 2.02. The van der Waals surface area contributed by atoms with Gasteiger partial charge in [-0.15, -0.1) is 0 Å². The van der Waals surface area contributed by atoms with E-state index in [0.29, 0.717) is 23.9 Å². The van der Waals surface area contributed by atoms with Crippen molar-refractivity contribution in [1.29, 1.82) is 0 Å². The fraction of sp³-hybridized carbons (Fsp3) is 0.600. The number of benzene rings is 1. The van der Waals surface area contributed by atoms with Crippen molar-refractivity contribution in [2.45, 2.75) is 38.2 Å². The zero-order chi connectivity index (χ0) is 13.9. The molecule has 0 aliphatic heterocycles. The molecule has 1 fully saturated rings. The summed E-state index contributed by atoms with van der Waals surface area (Å²) < 4.78 is 5.19. The molecular formula is C15H24N2O2. The molecule has 2 rings (SSSR count). The van der Waals surface area contributed by atoms with Gasteiger partial charge >= 0.3 is 0 Å². The Kier molecular flexibility index (Phi) is 4.20. The fourth-order valence-electron chi connectivity index (χ4n) is 2.93. The molecule has 4 N–H and O–H groups in total. The van der Waals surface area contributed by atoms with Crippen molar-refractivity contribution in [2.75, 3.05) is 24.7 Å². The van der Waals surface area contributed by atoms with Crippen molar-refractivity contribution in [3.63, 3.8) is 0 Å². The maximum absolute atomic E-state index is 10.6. The summed E-state index contributed by atoms with van der Waals surface area (Å²) >= 11 is 0. The Bertz CT molecular complexity index is 436. The molecule has 19 heavy (non-hydrogen) atoms. The van der Waals surface area contributed by atoms with Gasteiger partial charge in [0.15, 0.2) is 0 Å². The van der Waals surface area contributed by atoms with Crippen LogP contribution in [0.4, 0.5) is 11.4 Å². The highest BCUT2D eigenvalue weighted by molar-refractivity contribution is 5.72. The molecule has 0 heterocycles. The maximum atomic E-state index is 10.6. The molecule has 1 saturated carbocycles. The number of rotatable bonds is 4. The van der Waals surface area contributed by atoms with Crippen molar-refractivity contribution < 1.29 is 9.84 Å². The maximum Gasteiger partial charge on any atom is 0.143 e. The van der Waals surface area contributed by atoms with Crippen LogP contribution in [0, 0.1) is 5.92 Å². The van der Waals surface area contributed by atoms with E-state index in [0.717, 1.165) is 24.9 Å². The molecule has 2 atom stereocenters. The molecule has 2 unspecified atom stereocenters. The minimum absolute atomic E-state index is 0.536. The molecule has 0 saturated heterocycles. The van der Waals surface area contributed by atoms with Gasteiger partial charge in [-0.3, -0.25) is 0 Å². The Hall–Kier alpha value is -1.42. The molecule has 106 valence electrons. The van der Waals surface area contributed by atoms with E-state index < -0.39 is 5.60 Å². The topological polar surface area (TPSA) is 67.5 Å².